The number of nitrogens with zero attached hydrogens (tertiary/aromatic N) is 2. The molecule has 2 N–H and O–H groups in total. The van der Waals surface area contributed by atoms with Crippen LogP contribution in [0, 0.1) is 24.0 Å². The first-order valence-corrected chi connectivity index (χ1v) is 7.53. The summed E-state index contributed by atoms with van der Waals surface area (Å²) >= 11 is 0. The third-order valence-corrected chi connectivity index (χ3v) is 4.49. The number of benzene rings is 1. The highest BCUT2D eigenvalue weighted by atomic mass is 32.2. The summed E-state index contributed by atoms with van der Waals surface area (Å²) < 4.78 is 26.7. The largest absolute Gasteiger partial charge is 0.347 e. The van der Waals surface area contributed by atoms with Gasteiger partial charge in [-0.3, -0.25) is 10.1 Å². The Balaban J connectivity index is 2.33. The zero-order valence-corrected chi connectivity index (χ0v) is 12.3. The summed E-state index contributed by atoms with van der Waals surface area (Å²) in [5.74, 6) is 0.455. The molecule has 21 heavy (non-hydrogen) atoms. The second-order valence-corrected chi connectivity index (χ2v) is 6.27. The van der Waals surface area contributed by atoms with Crippen molar-refractivity contribution in [3.8, 4) is 0 Å². The summed E-state index contributed by atoms with van der Waals surface area (Å²) in [5.41, 5.74) is 0.779. The van der Waals surface area contributed by atoms with Gasteiger partial charge in [0.1, 0.15) is 5.82 Å². The number of imidazole rings is 1. The van der Waals surface area contributed by atoms with Crippen LogP contribution in [0.2, 0.25) is 0 Å². The van der Waals surface area contributed by atoms with Gasteiger partial charge >= 0.3 is 0 Å². The number of aromatic amines is 1. The van der Waals surface area contributed by atoms with Gasteiger partial charge in [0.25, 0.3) is 5.69 Å². The zero-order valence-electron chi connectivity index (χ0n) is 11.5. The highest BCUT2D eigenvalue weighted by molar-refractivity contribution is 7.89. The van der Waals surface area contributed by atoms with Crippen molar-refractivity contribution in [3.05, 3.63) is 51.6 Å². The van der Waals surface area contributed by atoms with Crippen LogP contribution in [0.4, 0.5) is 5.69 Å². The molecule has 0 spiro atoms. The maximum absolute atomic E-state index is 12.2. The minimum Gasteiger partial charge on any atom is -0.347 e. The molecule has 2 rings (SSSR count). The molecule has 0 saturated heterocycles. The first-order valence-electron chi connectivity index (χ1n) is 6.05. The Hall–Kier alpha value is -2.26. The summed E-state index contributed by atoms with van der Waals surface area (Å²) in [5, 5.41) is 11.0. The van der Waals surface area contributed by atoms with Gasteiger partial charge in [-0.05, 0) is 25.5 Å². The van der Waals surface area contributed by atoms with Gasteiger partial charge in [0.2, 0.25) is 10.0 Å². The van der Waals surface area contributed by atoms with Gasteiger partial charge in [-0.1, -0.05) is 0 Å². The van der Waals surface area contributed by atoms with E-state index in [0.29, 0.717) is 17.0 Å². The fourth-order valence-electron chi connectivity index (χ4n) is 1.79. The van der Waals surface area contributed by atoms with E-state index in [1.807, 2.05) is 0 Å². The fraction of sp³-hybridized carbons (Fsp3) is 0.250. The molecule has 2 aromatic rings. The second kappa shape index (κ2) is 5.62. The molecule has 0 fully saturated rings. The van der Waals surface area contributed by atoms with Gasteiger partial charge in [-0.25, -0.2) is 18.1 Å². The third kappa shape index (κ3) is 3.26. The van der Waals surface area contributed by atoms with Crippen LogP contribution in [-0.4, -0.2) is 23.3 Å². The fourth-order valence-corrected chi connectivity index (χ4v) is 2.89. The Morgan fingerprint density at radius 3 is 2.67 bits per heavy atom. The number of nitro benzene ring substituents is 1. The predicted octanol–water partition coefficient (Wildman–Crippen LogP) is 1.41. The maximum Gasteiger partial charge on any atom is 0.273 e. The summed E-state index contributed by atoms with van der Waals surface area (Å²) in [6, 6.07) is 2.47. The quantitative estimate of drug-likeness (QED) is 0.639. The Morgan fingerprint density at radius 1 is 1.38 bits per heavy atom. The summed E-state index contributed by atoms with van der Waals surface area (Å²) in [7, 11) is -3.85. The van der Waals surface area contributed by atoms with E-state index in [9.17, 15) is 18.5 Å². The van der Waals surface area contributed by atoms with Crippen molar-refractivity contribution < 1.29 is 13.3 Å². The van der Waals surface area contributed by atoms with E-state index in [1.165, 1.54) is 12.3 Å². The molecule has 112 valence electrons. The van der Waals surface area contributed by atoms with Gasteiger partial charge in [-0.15, -0.1) is 0 Å². The molecule has 1 aromatic carbocycles. The number of aryl methyl sites for hydroxylation is 1. The van der Waals surface area contributed by atoms with E-state index in [-0.39, 0.29) is 17.1 Å². The van der Waals surface area contributed by atoms with Gasteiger partial charge in [0.15, 0.2) is 0 Å². The number of nitrogens with one attached hydrogen (secondary N) is 2. The predicted molar refractivity (Wildman–Crippen MR) is 75.2 cm³/mol. The molecule has 0 aliphatic rings. The first-order chi connectivity index (χ1) is 9.81. The molecule has 9 heteroatoms. The Labute approximate surface area is 121 Å². The van der Waals surface area contributed by atoms with E-state index < -0.39 is 14.9 Å². The smallest absolute Gasteiger partial charge is 0.273 e. The lowest BCUT2D eigenvalue weighted by atomic mass is 10.1. The standard InChI is InChI=1S/C12H14N4O4S/c1-8-5-10(6-11(9(8)2)16(17)18)21(19,20)15-7-12-13-3-4-14-12/h3-6,15H,7H2,1-2H3,(H,13,14). The molecule has 0 aliphatic carbocycles. The lowest BCUT2D eigenvalue weighted by molar-refractivity contribution is -0.385. The van der Waals surface area contributed by atoms with Crippen LogP contribution in [0.5, 0.6) is 0 Å². The Kier molecular flexibility index (Phi) is 4.05. The lowest BCUT2D eigenvalue weighted by Gasteiger charge is -2.08. The first kappa shape index (κ1) is 15.1. The van der Waals surface area contributed by atoms with E-state index in [4.69, 9.17) is 0 Å². The number of nitro groups is 1. The molecular formula is C12H14N4O4S. The van der Waals surface area contributed by atoms with Gasteiger partial charge in [0, 0.05) is 24.0 Å². The van der Waals surface area contributed by atoms with Crippen LogP contribution >= 0.6 is 0 Å². The van der Waals surface area contributed by atoms with Crippen molar-refractivity contribution in [2.24, 2.45) is 0 Å². The van der Waals surface area contributed by atoms with E-state index in [1.54, 1.807) is 20.0 Å². The number of hydrogen-bond acceptors (Lipinski definition) is 5. The molecule has 0 radical (unpaired) electrons. The van der Waals surface area contributed by atoms with Crippen molar-refractivity contribution in [1.29, 1.82) is 0 Å². The number of H-pyrrole nitrogens is 1. The van der Waals surface area contributed by atoms with Crippen LogP contribution in [0.3, 0.4) is 0 Å². The number of aromatic nitrogens is 2. The second-order valence-electron chi connectivity index (χ2n) is 4.50. The van der Waals surface area contributed by atoms with Gasteiger partial charge in [0.05, 0.1) is 16.4 Å². The van der Waals surface area contributed by atoms with Crippen LogP contribution < -0.4 is 4.72 Å². The highest BCUT2D eigenvalue weighted by Crippen LogP contribution is 2.25. The van der Waals surface area contributed by atoms with E-state index in [0.717, 1.165) is 6.07 Å². The summed E-state index contributed by atoms with van der Waals surface area (Å²) in [6.07, 6.45) is 3.08. The molecule has 0 bridgehead atoms. The number of rotatable bonds is 5. The Bertz CT molecular complexity index is 769. The van der Waals surface area contributed by atoms with Crippen molar-refractivity contribution in [2.45, 2.75) is 25.3 Å². The lowest BCUT2D eigenvalue weighted by Crippen LogP contribution is -2.24. The summed E-state index contributed by atoms with van der Waals surface area (Å²) in [4.78, 5) is 16.9. The van der Waals surface area contributed by atoms with Crippen LogP contribution in [0.25, 0.3) is 0 Å². The Morgan fingerprint density at radius 2 is 2.10 bits per heavy atom. The van der Waals surface area contributed by atoms with Crippen molar-refractivity contribution in [2.75, 3.05) is 0 Å². The van der Waals surface area contributed by atoms with Crippen molar-refractivity contribution in [3.63, 3.8) is 0 Å². The van der Waals surface area contributed by atoms with Crippen molar-refractivity contribution >= 4 is 15.7 Å². The topological polar surface area (TPSA) is 118 Å². The number of hydrogen-bond donors (Lipinski definition) is 2. The van der Waals surface area contributed by atoms with Crippen LogP contribution in [0.1, 0.15) is 17.0 Å². The van der Waals surface area contributed by atoms with E-state index in [2.05, 4.69) is 14.7 Å². The molecular weight excluding hydrogens is 296 g/mol. The third-order valence-electron chi connectivity index (χ3n) is 3.10. The minimum atomic E-state index is -3.85. The normalized spacial score (nSPS) is 11.5. The zero-order chi connectivity index (χ0) is 15.6. The highest BCUT2D eigenvalue weighted by Gasteiger charge is 2.21. The van der Waals surface area contributed by atoms with Crippen LogP contribution in [-0.2, 0) is 16.6 Å². The van der Waals surface area contributed by atoms with Crippen LogP contribution in [0.15, 0.2) is 29.4 Å². The summed E-state index contributed by atoms with van der Waals surface area (Å²) in [6.45, 7) is 3.20. The molecule has 0 atom stereocenters. The molecule has 0 amide bonds. The number of sulfonamides is 1. The van der Waals surface area contributed by atoms with Gasteiger partial charge in [-0.2, -0.15) is 0 Å². The van der Waals surface area contributed by atoms with Gasteiger partial charge < -0.3 is 4.98 Å². The molecule has 1 heterocycles. The van der Waals surface area contributed by atoms with E-state index >= 15 is 0 Å². The SMILES string of the molecule is Cc1cc(S(=O)(=O)NCc2ncc[nH]2)cc([N+](=O)[O-])c1C. The minimum absolute atomic E-state index is 0.0178. The maximum atomic E-state index is 12.2. The molecule has 8 nitrogen and oxygen atoms in total. The average Bonchev–Trinajstić information content (AvgIpc) is 2.92. The average molecular weight is 310 g/mol. The monoisotopic (exact) mass is 310 g/mol. The molecule has 1 aromatic heterocycles. The molecule has 0 aliphatic heterocycles. The molecule has 0 unspecified atom stereocenters. The van der Waals surface area contributed by atoms with Crippen molar-refractivity contribution in [1.82, 2.24) is 14.7 Å². The molecule has 0 saturated carbocycles.